The van der Waals surface area contributed by atoms with Gasteiger partial charge in [0.1, 0.15) is 0 Å². The van der Waals surface area contributed by atoms with E-state index >= 15 is 0 Å². The third-order valence-electron chi connectivity index (χ3n) is 1.42. The van der Waals surface area contributed by atoms with Crippen molar-refractivity contribution >= 4 is 17.7 Å². The fourth-order valence-corrected chi connectivity index (χ4v) is 1.10. The van der Waals surface area contributed by atoms with Crippen molar-refractivity contribution in [2.75, 3.05) is 21.1 Å². The lowest BCUT2D eigenvalue weighted by atomic mass is 10.1. The molecule has 78 valence electrons. The van der Waals surface area contributed by atoms with Crippen LogP contribution in [0.5, 0.6) is 0 Å². The zero-order chi connectivity index (χ0) is 11.0. The third kappa shape index (κ3) is 5.79. The van der Waals surface area contributed by atoms with Crippen molar-refractivity contribution < 1.29 is 0 Å². The zero-order valence-corrected chi connectivity index (χ0v) is 9.88. The van der Waals surface area contributed by atoms with Crippen LogP contribution < -0.4 is 0 Å². The van der Waals surface area contributed by atoms with Gasteiger partial charge in [-0.05, 0) is 32.3 Å². The van der Waals surface area contributed by atoms with E-state index in [2.05, 4.69) is 6.58 Å². The molecule has 1 rings (SSSR count). The highest BCUT2D eigenvalue weighted by atomic mass is 35.5. The lowest BCUT2D eigenvalue weighted by Gasteiger charge is -1.98. The van der Waals surface area contributed by atoms with E-state index in [1.165, 1.54) is 0 Å². The van der Waals surface area contributed by atoms with Gasteiger partial charge in [-0.2, -0.15) is 0 Å². The number of benzene rings is 1. The zero-order valence-electron chi connectivity index (χ0n) is 9.13. The van der Waals surface area contributed by atoms with Crippen LogP contribution in [0, 0.1) is 0 Å². The van der Waals surface area contributed by atoms with Crippen LogP contribution in [-0.4, -0.2) is 26.0 Å². The summed E-state index contributed by atoms with van der Waals surface area (Å²) in [4.78, 5) is 2.00. The smallest absolute Gasteiger partial charge is 0.0479 e. The Bertz CT molecular complexity index is 266. The van der Waals surface area contributed by atoms with E-state index in [0.717, 1.165) is 11.1 Å². The summed E-state index contributed by atoms with van der Waals surface area (Å²) in [5.41, 5.74) is 2.26. The molecule has 0 saturated heterocycles. The first-order chi connectivity index (χ1) is 6.61. The average Bonchev–Trinajstić information content (AvgIpc) is 2.17. The van der Waals surface area contributed by atoms with E-state index in [-0.39, 0.29) is 0 Å². The molecular weight excluding hydrogens is 194 g/mol. The van der Waals surface area contributed by atoms with Crippen LogP contribution in [0.15, 0.2) is 30.8 Å². The summed E-state index contributed by atoms with van der Waals surface area (Å²) in [6.07, 6.45) is 1.82. The minimum absolute atomic E-state index is 0.558. The molecule has 0 bridgehead atoms. The maximum Gasteiger partial charge on any atom is 0.0479 e. The molecule has 1 aromatic carbocycles. The fourth-order valence-electron chi connectivity index (χ4n) is 0.855. The molecule has 1 nitrogen and oxygen atoms in total. The highest BCUT2D eigenvalue weighted by Crippen LogP contribution is 2.11. The van der Waals surface area contributed by atoms with Crippen molar-refractivity contribution in [3.05, 3.63) is 42.0 Å². The van der Waals surface area contributed by atoms with Gasteiger partial charge in [-0.1, -0.05) is 36.9 Å². The van der Waals surface area contributed by atoms with Gasteiger partial charge >= 0.3 is 0 Å². The maximum atomic E-state index is 5.66. The first-order valence-electron chi connectivity index (χ1n) is 4.49. The Kier molecular flexibility index (Phi) is 7.17. The molecule has 0 unspecified atom stereocenters. The Morgan fingerprint density at radius 1 is 1.29 bits per heavy atom. The summed E-state index contributed by atoms with van der Waals surface area (Å²) < 4.78 is 0. The van der Waals surface area contributed by atoms with Gasteiger partial charge < -0.3 is 4.90 Å². The van der Waals surface area contributed by atoms with E-state index in [1.54, 1.807) is 0 Å². The van der Waals surface area contributed by atoms with E-state index in [0.29, 0.717) is 5.88 Å². The maximum absolute atomic E-state index is 5.66. The molecule has 0 fully saturated rings. The van der Waals surface area contributed by atoms with Gasteiger partial charge in [0.2, 0.25) is 0 Å². The van der Waals surface area contributed by atoms with Crippen molar-refractivity contribution in [2.45, 2.75) is 5.88 Å². The van der Waals surface area contributed by atoms with Gasteiger partial charge in [0.15, 0.2) is 0 Å². The van der Waals surface area contributed by atoms with Gasteiger partial charge in [0.25, 0.3) is 0 Å². The van der Waals surface area contributed by atoms with Gasteiger partial charge in [-0.25, -0.2) is 0 Å². The minimum Gasteiger partial charge on any atom is -0.312 e. The molecule has 0 atom stereocenters. The molecule has 0 saturated carbocycles. The number of hydrogen-bond acceptors (Lipinski definition) is 1. The molecule has 0 radical (unpaired) electrons. The third-order valence-corrected chi connectivity index (χ3v) is 1.71. The van der Waals surface area contributed by atoms with Crippen molar-refractivity contribution in [3.63, 3.8) is 0 Å². The molecule has 14 heavy (non-hydrogen) atoms. The van der Waals surface area contributed by atoms with Crippen LogP contribution >= 0.6 is 11.6 Å². The minimum atomic E-state index is 0.558. The average molecular weight is 212 g/mol. The SMILES string of the molecule is C=Cc1ccccc1CCl.CN(C)C. The van der Waals surface area contributed by atoms with Gasteiger partial charge in [0, 0.05) is 5.88 Å². The Hall–Kier alpha value is -0.790. The molecule has 0 aliphatic rings. The van der Waals surface area contributed by atoms with Crippen LogP contribution in [0.2, 0.25) is 0 Å². The molecule has 0 heterocycles. The second-order valence-corrected chi connectivity index (χ2v) is 3.65. The summed E-state index contributed by atoms with van der Waals surface area (Å²) in [6, 6.07) is 7.96. The topological polar surface area (TPSA) is 3.24 Å². The first-order valence-corrected chi connectivity index (χ1v) is 5.02. The van der Waals surface area contributed by atoms with Crippen molar-refractivity contribution in [1.82, 2.24) is 4.90 Å². The van der Waals surface area contributed by atoms with E-state index < -0.39 is 0 Å². The largest absolute Gasteiger partial charge is 0.312 e. The second-order valence-electron chi connectivity index (χ2n) is 3.38. The van der Waals surface area contributed by atoms with Crippen molar-refractivity contribution in [1.29, 1.82) is 0 Å². The molecule has 0 spiro atoms. The van der Waals surface area contributed by atoms with E-state index in [9.17, 15) is 0 Å². The molecule has 0 amide bonds. The molecule has 0 aliphatic heterocycles. The molecule has 0 aromatic heterocycles. The number of rotatable bonds is 2. The summed E-state index contributed by atoms with van der Waals surface area (Å²) in [5.74, 6) is 0.558. The van der Waals surface area contributed by atoms with Crippen LogP contribution in [0.4, 0.5) is 0 Å². The highest BCUT2D eigenvalue weighted by Gasteiger charge is 1.93. The van der Waals surface area contributed by atoms with Crippen molar-refractivity contribution in [2.24, 2.45) is 0 Å². The van der Waals surface area contributed by atoms with E-state index in [4.69, 9.17) is 11.6 Å². The molecule has 0 aliphatic carbocycles. The quantitative estimate of drug-likeness (QED) is 0.679. The Morgan fingerprint density at radius 3 is 2.14 bits per heavy atom. The Morgan fingerprint density at radius 2 is 1.79 bits per heavy atom. The summed E-state index contributed by atoms with van der Waals surface area (Å²) in [6.45, 7) is 3.68. The monoisotopic (exact) mass is 211 g/mol. The van der Waals surface area contributed by atoms with Gasteiger partial charge in [0.05, 0.1) is 0 Å². The lowest BCUT2D eigenvalue weighted by Crippen LogP contribution is -1.99. The predicted octanol–water partition coefficient (Wildman–Crippen LogP) is 3.25. The number of alkyl halides is 1. The number of halogens is 1. The van der Waals surface area contributed by atoms with Crippen molar-refractivity contribution in [3.8, 4) is 0 Å². The normalized spacial score (nSPS) is 9.21. The number of nitrogens with zero attached hydrogens (tertiary/aromatic N) is 1. The van der Waals surface area contributed by atoms with Crippen LogP contribution in [0.1, 0.15) is 11.1 Å². The van der Waals surface area contributed by atoms with Crippen LogP contribution in [0.25, 0.3) is 6.08 Å². The first kappa shape index (κ1) is 13.2. The molecular formula is C12H18ClN. The highest BCUT2D eigenvalue weighted by molar-refractivity contribution is 6.17. The standard InChI is InChI=1S/C9H9Cl.C3H9N/c1-2-8-5-3-4-6-9(8)7-10;1-4(2)3/h2-6H,1,7H2;1-3H3. The predicted molar refractivity (Wildman–Crippen MR) is 65.7 cm³/mol. The van der Waals surface area contributed by atoms with Gasteiger partial charge in [-0.15, -0.1) is 11.6 Å². The summed E-state index contributed by atoms with van der Waals surface area (Å²) >= 11 is 5.66. The lowest BCUT2D eigenvalue weighted by molar-refractivity contribution is 0.505. The Balaban J connectivity index is 0.000000364. The molecule has 0 N–H and O–H groups in total. The van der Waals surface area contributed by atoms with E-state index in [1.807, 2.05) is 56.4 Å². The van der Waals surface area contributed by atoms with Crippen LogP contribution in [-0.2, 0) is 5.88 Å². The summed E-state index contributed by atoms with van der Waals surface area (Å²) in [5, 5.41) is 0. The van der Waals surface area contributed by atoms with Gasteiger partial charge in [-0.3, -0.25) is 0 Å². The molecule has 1 aromatic rings. The Labute approximate surface area is 92.0 Å². The number of hydrogen-bond donors (Lipinski definition) is 0. The molecule has 2 heteroatoms. The summed E-state index contributed by atoms with van der Waals surface area (Å²) in [7, 11) is 6.00. The second kappa shape index (κ2) is 7.60. The van der Waals surface area contributed by atoms with Crippen LogP contribution in [0.3, 0.4) is 0 Å². The fraction of sp³-hybridized carbons (Fsp3) is 0.333.